The molecule has 16 heavy (non-hydrogen) atoms. The van der Waals surface area contributed by atoms with Gasteiger partial charge in [0.05, 0.1) is 7.11 Å². The number of carbonyl (C=O) groups is 1. The molecular formula is C11H14FNO3. The molecule has 2 N–H and O–H groups in total. The number of hydrogen-bond acceptors (Lipinski definition) is 4. The zero-order valence-electron chi connectivity index (χ0n) is 9.14. The number of nitrogens with two attached hydrogens (primary N) is 1. The van der Waals surface area contributed by atoms with Gasteiger partial charge in [-0.15, -0.1) is 0 Å². The fraction of sp³-hybridized carbons (Fsp3) is 0.364. The molecule has 1 rings (SSSR count). The molecule has 0 heterocycles. The summed E-state index contributed by atoms with van der Waals surface area (Å²) in [5, 5.41) is 0. The maximum absolute atomic E-state index is 12.6. The number of halogens is 1. The second kappa shape index (κ2) is 5.46. The number of hydrogen-bond donors (Lipinski definition) is 1. The predicted octanol–water partition coefficient (Wildman–Crippen LogP) is 1.09. The topological polar surface area (TPSA) is 61.5 Å². The zero-order chi connectivity index (χ0) is 12.1. The van der Waals surface area contributed by atoms with Gasteiger partial charge in [-0.1, -0.05) is 0 Å². The van der Waals surface area contributed by atoms with Crippen LogP contribution in [0.5, 0.6) is 5.75 Å². The number of rotatable bonds is 4. The average Bonchev–Trinajstić information content (AvgIpc) is 2.30. The monoisotopic (exact) mass is 227 g/mol. The molecule has 5 heteroatoms. The van der Waals surface area contributed by atoms with E-state index in [9.17, 15) is 9.18 Å². The summed E-state index contributed by atoms with van der Waals surface area (Å²) in [6.07, 6.45) is -0.544. The highest BCUT2D eigenvalue weighted by atomic mass is 19.1. The SMILES string of the molecule is COC(=O)[C@@H](N)[C@H](C)Oc1ccc(F)cc1. The Hall–Kier alpha value is -1.62. The van der Waals surface area contributed by atoms with Crippen molar-refractivity contribution in [2.45, 2.75) is 19.1 Å². The van der Waals surface area contributed by atoms with Crippen molar-refractivity contribution in [3.63, 3.8) is 0 Å². The van der Waals surface area contributed by atoms with E-state index in [1.807, 2.05) is 0 Å². The van der Waals surface area contributed by atoms with Crippen LogP contribution in [-0.2, 0) is 9.53 Å². The molecule has 4 nitrogen and oxygen atoms in total. The second-order valence-corrected chi connectivity index (χ2v) is 3.33. The summed E-state index contributed by atoms with van der Waals surface area (Å²) in [6, 6.07) is 4.61. The van der Waals surface area contributed by atoms with Crippen LogP contribution in [0, 0.1) is 5.82 Å². The molecular weight excluding hydrogens is 213 g/mol. The van der Waals surface area contributed by atoms with Gasteiger partial charge in [0.25, 0.3) is 0 Å². The van der Waals surface area contributed by atoms with Gasteiger partial charge < -0.3 is 15.2 Å². The highest BCUT2D eigenvalue weighted by Gasteiger charge is 2.22. The van der Waals surface area contributed by atoms with Crippen LogP contribution in [0.15, 0.2) is 24.3 Å². The van der Waals surface area contributed by atoms with Gasteiger partial charge in [-0.3, -0.25) is 4.79 Å². The summed E-state index contributed by atoms with van der Waals surface area (Å²) < 4.78 is 22.5. The lowest BCUT2D eigenvalue weighted by Crippen LogP contribution is -2.44. The minimum atomic E-state index is -0.866. The number of esters is 1. The first-order chi connectivity index (χ1) is 7.54. The van der Waals surface area contributed by atoms with E-state index in [1.165, 1.54) is 31.4 Å². The minimum absolute atomic E-state index is 0.350. The maximum atomic E-state index is 12.6. The van der Waals surface area contributed by atoms with Crippen LogP contribution in [0.25, 0.3) is 0 Å². The van der Waals surface area contributed by atoms with Gasteiger partial charge >= 0.3 is 5.97 Å². The van der Waals surface area contributed by atoms with Gasteiger partial charge in [0.2, 0.25) is 0 Å². The van der Waals surface area contributed by atoms with Crippen molar-refractivity contribution < 1.29 is 18.7 Å². The quantitative estimate of drug-likeness (QED) is 0.782. The van der Waals surface area contributed by atoms with E-state index in [2.05, 4.69) is 4.74 Å². The summed E-state index contributed by atoms with van der Waals surface area (Å²) in [6.45, 7) is 1.64. The fourth-order valence-electron chi connectivity index (χ4n) is 1.13. The Morgan fingerprint density at radius 2 is 1.94 bits per heavy atom. The second-order valence-electron chi connectivity index (χ2n) is 3.33. The largest absolute Gasteiger partial charge is 0.488 e. The molecule has 0 fully saturated rings. The van der Waals surface area contributed by atoms with Crippen LogP contribution in [0.4, 0.5) is 4.39 Å². The van der Waals surface area contributed by atoms with Crippen LogP contribution < -0.4 is 10.5 Å². The van der Waals surface area contributed by atoms with Gasteiger partial charge in [-0.2, -0.15) is 0 Å². The first-order valence-electron chi connectivity index (χ1n) is 4.80. The highest BCUT2D eigenvalue weighted by Crippen LogP contribution is 2.14. The summed E-state index contributed by atoms with van der Waals surface area (Å²) in [5.41, 5.74) is 5.58. The lowest BCUT2D eigenvalue weighted by molar-refractivity contribution is -0.144. The first kappa shape index (κ1) is 12.4. The average molecular weight is 227 g/mol. The van der Waals surface area contributed by atoms with E-state index in [4.69, 9.17) is 10.5 Å². The molecule has 1 aromatic rings. The molecule has 0 aromatic heterocycles. The van der Waals surface area contributed by atoms with Gasteiger partial charge in [0.1, 0.15) is 23.7 Å². The van der Waals surface area contributed by atoms with E-state index in [0.717, 1.165) is 0 Å². The van der Waals surface area contributed by atoms with Crippen molar-refractivity contribution in [1.82, 2.24) is 0 Å². The van der Waals surface area contributed by atoms with Crippen LogP contribution in [0.2, 0.25) is 0 Å². The molecule has 0 aliphatic carbocycles. The van der Waals surface area contributed by atoms with Gasteiger partial charge in [0, 0.05) is 0 Å². The zero-order valence-corrected chi connectivity index (χ0v) is 9.14. The standard InChI is InChI=1S/C11H14FNO3/c1-7(10(13)11(14)15-2)16-9-5-3-8(12)4-6-9/h3-7,10H,13H2,1-2H3/t7-,10-/m0/s1. The molecule has 0 amide bonds. The predicted molar refractivity (Wildman–Crippen MR) is 56.5 cm³/mol. The number of benzene rings is 1. The van der Waals surface area contributed by atoms with Crippen molar-refractivity contribution in [3.05, 3.63) is 30.1 Å². The van der Waals surface area contributed by atoms with Crippen molar-refractivity contribution >= 4 is 5.97 Å². The normalized spacial score (nSPS) is 14.0. The van der Waals surface area contributed by atoms with Crippen molar-refractivity contribution in [2.24, 2.45) is 5.73 Å². The third-order valence-corrected chi connectivity index (χ3v) is 2.11. The van der Waals surface area contributed by atoms with E-state index in [1.54, 1.807) is 6.92 Å². The lowest BCUT2D eigenvalue weighted by Gasteiger charge is -2.19. The number of carbonyl (C=O) groups excluding carboxylic acids is 1. The third-order valence-electron chi connectivity index (χ3n) is 2.11. The first-order valence-corrected chi connectivity index (χ1v) is 4.80. The van der Waals surface area contributed by atoms with Crippen LogP contribution >= 0.6 is 0 Å². The van der Waals surface area contributed by atoms with E-state index < -0.39 is 18.1 Å². The van der Waals surface area contributed by atoms with E-state index in [-0.39, 0.29) is 5.82 Å². The maximum Gasteiger partial charge on any atom is 0.326 e. The smallest absolute Gasteiger partial charge is 0.326 e. The van der Waals surface area contributed by atoms with Crippen molar-refractivity contribution in [2.75, 3.05) is 7.11 Å². The van der Waals surface area contributed by atoms with Crippen molar-refractivity contribution in [3.8, 4) is 5.75 Å². The third kappa shape index (κ3) is 3.20. The highest BCUT2D eigenvalue weighted by molar-refractivity contribution is 5.76. The molecule has 2 atom stereocenters. The van der Waals surface area contributed by atoms with Gasteiger partial charge in [-0.25, -0.2) is 4.39 Å². The molecule has 0 aliphatic rings. The van der Waals surface area contributed by atoms with E-state index >= 15 is 0 Å². The van der Waals surface area contributed by atoms with Crippen LogP contribution in [0.1, 0.15) is 6.92 Å². The Labute approximate surface area is 93.2 Å². The Morgan fingerprint density at radius 1 is 1.38 bits per heavy atom. The molecule has 0 saturated carbocycles. The molecule has 0 aliphatic heterocycles. The van der Waals surface area contributed by atoms with E-state index in [0.29, 0.717) is 5.75 Å². The summed E-state index contributed by atoms with van der Waals surface area (Å²) in [7, 11) is 1.26. The number of ether oxygens (including phenoxy) is 2. The molecule has 0 spiro atoms. The van der Waals surface area contributed by atoms with Crippen LogP contribution in [0.3, 0.4) is 0 Å². The summed E-state index contributed by atoms with van der Waals surface area (Å²) >= 11 is 0. The number of methoxy groups -OCH3 is 1. The van der Waals surface area contributed by atoms with Gasteiger partial charge in [-0.05, 0) is 31.2 Å². The fourth-order valence-corrected chi connectivity index (χ4v) is 1.13. The Balaban J connectivity index is 2.60. The molecule has 0 unspecified atom stereocenters. The Bertz CT molecular complexity index is 353. The Morgan fingerprint density at radius 3 is 2.44 bits per heavy atom. The minimum Gasteiger partial charge on any atom is -0.488 e. The Kier molecular flexibility index (Phi) is 4.25. The molecule has 1 aromatic carbocycles. The summed E-state index contributed by atoms with van der Waals surface area (Å²) in [4.78, 5) is 11.1. The molecule has 0 radical (unpaired) electrons. The summed E-state index contributed by atoms with van der Waals surface area (Å²) in [5.74, 6) is -0.444. The molecule has 0 bridgehead atoms. The lowest BCUT2D eigenvalue weighted by atomic mass is 10.2. The van der Waals surface area contributed by atoms with Gasteiger partial charge in [0.15, 0.2) is 0 Å². The van der Waals surface area contributed by atoms with Crippen molar-refractivity contribution in [1.29, 1.82) is 0 Å². The molecule has 0 saturated heterocycles. The molecule has 88 valence electrons. The van der Waals surface area contributed by atoms with Crippen LogP contribution in [-0.4, -0.2) is 25.2 Å².